The molecule has 0 saturated carbocycles. The summed E-state index contributed by atoms with van der Waals surface area (Å²) in [6.45, 7) is 6.73. The molecule has 5 heteroatoms. The van der Waals surface area contributed by atoms with Gasteiger partial charge in [-0.3, -0.25) is 0 Å². The molecule has 0 fully saturated rings. The van der Waals surface area contributed by atoms with E-state index in [1.807, 2.05) is 48.5 Å². The topological polar surface area (TPSA) is 44.8 Å². The number of hydrogen-bond donors (Lipinski definition) is 0. The van der Waals surface area contributed by atoms with Gasteiger partial charge >= 0.3 is 5.97 Å². The van der Waals surface area contributed by atoms with Crippen LogP contribution in [0, 0.1) is 0 Å². The quantitative estimate of drug-likeness (QED) is 0.325. The van der Waals surface area contributed by atoms with Crippen molar-refractivity contribution in [3.05, 3.63) is 109 Å². The highest BCUT2D eigenvalue weighted by molar-refractivity contribution is 6.99. The van der Waals surface area contributed by atoms with Gasteiger partial charge in [0.05, 0.1) is 0 Å². The van der Waals surface area contributed by atoms with E-state index in [4.69, 9.17) is 13.9 Å². The molecule has 1 aliphatic heterocycles. The van der Waals surface area contributed by atoms with Crippen molar-refractivity contribution in [2.24, 2.45) is 0 Å². The van der Waals surface area contributed by atoms with Crippen LogP contribution in [0.15, 0.2) is 103 Å². The van der Waals surface area contributed by atoms with E-state index in [1.165, 1.54) is 16.4 Å². The number of esters is 1. The molecule has 1 aliphatic rings. The Morgan fingerprint density at radius 3 is 1.83 bits per heavy atom. The Morgan fingerprint density at radius 1 is 0.857 bits per heavy atom. The molecule has 4 rings (SSSR count). The second kappa shape index (κ2) is 10.7. The first-order valence-corrected chi connectivity index (χ1v) is 14.0. The van der Waals surface area contributed by atoms with Crippen molar-refractivity contribution in [1.82, 2.24) is 0 Å². The first-order chi connectivity index (χ1) is 16.9. The van der Waals surface area contributed by atoms with Gasteiger partial charge < -0.3 is 13.9 Å². The molecule has 3 aromatic rings. The number of carbonyl (C=O) groups is 1. The van der Waals surface area contributed by atoms with Crippen molar-refractivity contribution in [3.8, 4) is 0 Å². The lowest BCUT2D eigenvalue weighted by Crippen LogP contribution is -2.69. The lowest BCUT2D eigenvalue weighted by atomic mass is 9.97. The predicted octanol–water partition coefficient (Wildman–Crippen LogP) is 5.19. The molecule has 1 heterocycles. The van der Waals surface area contributed by atoms with E-state index in [-0.39, 0.29) is 11.0 Å². The van der Waals surface area contributed by atoms with E-state index >= 15 is 0 Å². The minimum atomic E-state index is -2.93. The van der Waals surface area contributed by atoms with Gasteiger partial charge in [0.1, 0.15) is 18.3 Å². The molecule has 0 unspecified atom stereocenters. The highest BCUT2D eigenvalue weighted by Gasteiger charge is 2.54. The minimum absolute atomic E-state index is 0.225. The minimum Gasteiger partial charge on any atom is -0.456 e. The normalized spacial score (nSPS) is 18.1. The Morgan fingerprint density at radius 2 is 1.37 bits per heavy atom. The second-order valence-electron chi connectivity index (χ2n) is 9.93. The van der Waals surface area contributed by atoms with Gasteiger partial charge in [-0.1, -0.05) is 118 Å². The number of cyclic esters (lactones) is 1. The van der Waals surface area contributed by atoms with Crippen LogP contribution in [-0.4, -0.2) is 33.6 Å². The predicted molar refractivity (Wildman–Crippen MR) is 142 cm³/mol. The number of benzene rings is 3. The van der Waals surface area contributed by atoms with Gasteiger partial charge in [-0.05, 0) is 21.0 Å². The van der Waals surface area contributed by atoms with E-state index < -0.39 is 26.6 Å². The van der Waals surface area contributed by atoms with Crippen molar-refractivity contribution in [1.29, 1.82) is 0 Å². The first kappa shape index (κ1) is 25.1. The number of hydrogen-bond acceptors (Lipinski definition) is 4. The Kier molecular flexibility index (Phi) is 7.70. The number of methoxy groups -OCH3 is 1. The number of ether oxygens (including phenoxy) is 2. The SMILES string of the molecule is CO[C@H](c1ccccc1)[C@@H](O[Si](c1ccccc1)(c1ccccc1)C(C)(C)C)[C@H]1CC=CC(=O)O1. The molecule has 0 saturated heterocycles. The van der Waals surface area contributed by atoms with Crippen LogP contribution in [0.2, 0.25) is 5.04 Å². The highest BCUT2D eigenvalue weighted by Crippen LogP contribution is 2.41. The summed E-state index contributed by atoms with van der Waals surface area (Å²) in [5, 5.41) is 2.12. The Bertz CT molecular complexity index is 1080. The molecular formula is C30H34O4Si. The maximum atomic E-state index is 12.3. The van der Waals surface area contributed by atoms with Gasteiger partial charge in [0, 0.05) is 19.6 Å². The lowest BCUT2D eigenvalue weighted by molar-refractivity contribution is -0.155. The summed E-state index contributed by atoms with van der Waals surface area (Å²) in [5.41, 5.74) is 0.989. The average Bonchev–Trinajstić information content (AvgIpc) is 2.87. The Balaban J connectivity index is 1.92. The van der Waals surface area contributed by atoms with Crippen molar-refractivity contribution < 1.29 is 18.7 Å². The van der Waals surface area contributed by atoms with Crippen LogP contribution in [0.4, 0.5) is 0 Å². The number of carbonyl (C=O) groups excluding carboxylic acids is 1. The van der Waals surface area contributed by atoms with Gasteiger partial charge in [0.2, 0.25) is 0 Å². The Labute approximate surface area is 209 Å². The molecule has 0 aromatic heterocycles. The van der Waals surface area contributed by atoms with Crippen LogP contribution in [0.5, 0.6) is 0 Å². The van der Waals surface area contributed by atoms with Gasteiger partial charge in [-0.2, -0.15) is 0 Å². The van der Waals surface area contributed by atoms with Crippen molar-refractivity contribution in [2.75, 3.05) is 7.11 Å². The van der Waals surface area contributed by atoms with Crippen molar-refractivity contribution in [2.45, 2.75) is 50.5 Å². The van der Waals surface area contributed by atoms with Crippen LogP contribution in [-0.2, 0) is 18.7 Å². The molecule has 0 N–H and O–H groups in total. The molecular weight excluding hydrogens is 452 g/mol. The van der Waals surface area contributed by atoms with Crippen LogP contribution in [0.1, 0.15) is 38.9 Å². The third kappa shape index (κ3) is 5.17. The maximum Gasteiger partial charge on any atom is 0.330 e. The zero-order valence-corrected chi connectivity index (χ0v) is 21.9. The Hall–Kier alpha value is -2.99. The van der Waals surface area contributed by atoms with Crippen LogP contribution in [0.25, 0.3) is 0 Å². The molecule has 3 aromatic carbocycles. The fourth-order valence-corrected chi connectivity index (χ4v) is 9.77. The summed E-state index contributed by atoms with van der Waals surface area (Å²) in [6, 6.07) is 31.0. The van der Waals surface area contributed by atoms with Crippen molar-refractivity contribution in [3.63, 3.8) is 0 Å². The van der Waals surface area contributed by atoms with Gasteiger partial charge in [0.15, 0.2) is 0 Å². The second-order valence-corrected chi connectivity index (χ2v) is 14.2. The molecule has 0 spiro atoms. The van der Waals surface area contributed by atoms with Gasteiger partial charge in [0.25, 0.3) is 8.32 Å². The molecule has 3 atom stereocenters. The zero-order chi connectivity index (χ0) is 24.9. The van der Waals surface area contributed by atoms with E-state index in [0.717, 1.165) is 5.56 Å². The fraction of sp³-hybridized carbons (Fsp3) is 0.300. The molecule has 182 valence electrons. The average molecular weight is 487 g/mol. The van der Waals surface area contributed by atoms with E-state index in [2.05, 4.69) is 69.3 Å². The third-order valence-electron chi connectivity index (χ3n) is 6.67. The molecule has 0 radical (unpaired) electrons. The van der Waals surface area contributed by atoms with Crippen molar-refractivity contribution >= 4 is 24.7 Å². The summed E-state index contributed by atoms with van der Waals surface area (Å²) < 4.78 is 19.4. The molecule has 0 bridgehead atoms. The number of rotatable bonds is 8. The smallest absolute Gasteiger partial charge is 0.330 e. The zero-order valence-electron chi connectivity index (χ0n) is 20.9. The summed E-state index contributed by atoms with van der Waals surface area (Å²) in [6.07, 6.45) is 2.53. The molecule has 35 heavy (non-hydrogen) atoms. The lowest BCUT2D eigenvalue weighted by Gasteiger charge is -2.47. The van der Waals surface area contributed by atoms with Gasteiger partial charge in [-0.25, -0.2) is 4.79 Å². The monoisotopic (exact) mass is 486 g/mol. The highest BCUT2D eigenvalue weighted by atomic mass is 28.4. The van der Waals surface area contributed by atoms with E-state index in [0.29, 0.717) is 6.42 Å². The maximum absolute atomic E-state index is 12.3. The summed E-state index contributed by atoms with van der Waals surface area (Å²) in [7, 11) is -1.23. The van der Waals surface area contributed by atoms with Crippen LogP contribution >= 0.6 is 0 Å². The summed E-state index contributed by atoms with van der Waals surface area (Å²) in [5.74, 6) is -0.347. The van der Waals surface area contributed by atoms with Gasteiger partial charge in [-0.15, -0.1) is 0 Å². The first-order valence-electron chi connectivity index (χ1n) is 12.1. The molecule has 4 nitrogen and oxygen atoms in total. The van der Waals surface area contributed by atoms with Crippen LogP contribution < -0.4 is 10.4 Å². The third-order valence-corrected chi connectivity index (χ3v) is 11.7. The summed E-state index contributed by atoms with van der Waals surface area (Å²) in [4.78, 5) is 12.3. The fourth-order valence-electron chi connectivity index (χ4n) is 5.07. The van der Waals surface area contributed by atoms with E-state index in [9.17, 15) is 4.79 Å². The van der Waals surface area contributed by atoms with E-state index in [1.54, 1.807) is 7.11 Å². The molecule has 0 aliphatic carbocycles. The van der Waals surface area contributed by atoms with Crippen LogP contribution in [0.3, 0.4) is 0 Å². The molecule has 0 amide bonds. The largest absolute Gasteiger partial charge is 0.456 e. The standard InChI is InChI=1S/C30H34O4Si/c1-30(2,3)35(24-17-10-6-11-18-24,25-19-12-7-13-20-25)34-29(26-21-14-22-27(31)33-26)28(32-4)23-15-8-5-9-16-23/h5-20,22,26,28-29H,21H2,1-4H3/t26-,28-,29+/m1/s1. The summed E-state index contributed by atoms with van der Waals surface area (Å²) >= 11 is 0.